The summed E-state index contributed by atoms with van der Waals surface area (Å²) in [6.45, 7) is 1.94. The standard InChI is InChI=1S/C17H21N5O/c23-17(20-15-8-7-12-4-1-2-6-14(12)15)16-19-11-22(21-16)13-5-3-9-18-10-13/h1-2,4,6,11,13,15,18H,3,5,7-10H2,(H,20,23). The van der Waals surface area contributed by atoms with Gasteiger partial charge < -0.3 is 10.6 Å². The summed E-state index contributed by atoms with van der Waals surface area (Å²) in [7, 11) is 0. The molecular weight excluding hydrogens is 290 g/mol. The van der Waals surface area contributed by atoms with E-state index in [1.54, 1.807) is 6.33 Å². The number of nitrogens with zero attached hydrogens (tertiary/aromatic N) is 3. The number of piperidine rings is 1. The molecule has 6 nitrogen and oxygen atoms in total. The smallest absolute Gasteiger partial charge is 0.291 e. The zero-order valence-corrected chi connectivity index (χ0v) is 13.0. The van der Waals surface area contributed by atoms with Crippen LogP contribution >= 0.6 is 0 Å². The van der Waals surface area contributed by atoms with Gasteiger partial charge in [0.2, 0.25) is 5.82 Å². The van der Waals surface area contributed by atoms with E-state index in [-0.39, 0.29) is 17.8 Å². The topological polar surface area (TPSA) is 71.8 Å². The lowest BCUT2D eigenvalue weighted by atomic mass is 10.1. The third-order valence-corrected chi connectivity index (χ3v) is 4.79. The monoisotopic (exact) mass is 311 g/mol. The van der Waals surface area contributed by atoms with Gasteiger partial charge in [-0.25, -0.2) is 9.67 Å². The molecule has 2 aromatic rings. The van der Waals surface area contributed by atoms with Crippen molar-refractivity contribution < 1.29 is 4.79 Å². The van der Waals surface area contributed by atoms with Gasteiger partial charge in [0.1, 0.15) is 6.33 Å². The minimum Gasteiger partial charge on any atom is -0.342 e. The minimum absolute atomic E-state index is 0.0713. The number of amides is 1. The minimum atomic E-state index is -0.186. The molecule has 4 rings (SSSR count). The lowest BCUT2D eigenvalue weighted by Crippen LogP contribution is -2.32. The number of aryl methyl sites for hydroxylation is 1. The molecule has 2 heterocycles. The highest BCUT2D eigenvalue weighted by Crippen LogP contribution is 2.30. The molecule has 6 heteroatoms. The van der Waals surface area contributed by atoms with Crippen LogP contribution in [0.2, 0.25) is 0 Å². The van der Waals surface area contributed by atoms with Gasteiger partial charge in [-0.1, -0.05) is 24.3 Å². The maximum Gasteiger partial charge on any atom is 0.291 e. The van der Waals surface area contributed by atoms with Crippen LogP contribution in [0.1, 0.15) is 53.1 Å². The molecule has 1 amide bonds. The van der Waals surface area contributed by atoms with Crippen LogP contribution in [0.5, 0.6) is 0 Å². The lowest BCUT2D eigenvalue weighted by molar-refractivity contribution is 0.0925. The zero-order valence-electron chi connectivity index (χ0n) is 13.0. The fourth-order valence-corrected chi connectivity index (χ4v) is 3.54. The Bertz CT molecular complexity index is 705. The van der Waals surface area contributed by atoms with Gasteiger partial charge in [0, 0.05) is 6.54 Å². The van der Waals surface area contributed by atoms with Gasteiger partial charge in [-0.2, -0.15) is 0 Å². The van der Waals surface area contributed by atoms with E-state index in [0.717, 1.165) is 38.8 Å². The maximum atomic E-state index is 12.4. The van der Waals surface area contributed by atoms with Crippen LogP contribution in [0, 0.1) is 0 Å². The number of fused-ring (bicyclic) bond motifs is 1. The van der Waals surface area contributed by atoms with Gasteiger partial charge >= 0.3 is 0 Å². The fraction of sp³-hybridized carbons (Fsp3) is 0.471. The Morgan fingerprint density at radius 1 is 1.30 bits per heavy atom. The van der Waals surface area contributed by atoms with E-state index in [1.807, 2.05) is 16.8 Å². The van der Waals surface area contributed by atoms with E-state index in [4.69, 9.17) is 0 Å². The summed E-state index contributed by atoms with van der Waals surface area (Å²) in [6.07, 6.45) is 5.84. The summed E-state index contributed by atoms with van der Waals surface area (Å²) in [6, 6.07) is 8.65. The predicted octanol–water partition coefficient (Wildman–Crippen LogP) is 1.62. The summed E-state index contributed by atoms with van der Waals surface area (Å²) in [4.78, 5) is 16.6. The average molecular weight is 311 g/mol. The van der Waals surface area contributed by atoms with Crippen molar-refractivity contribution in [2.45, 2.75) is 37.8 Å². The Labute approximate surface area is 135 Å². The molecule has 1 fully saturated rings. The van der Waals surface area contributed by atoms with E-state index >= 15 is 0 Å². The SMILES string of the molecule is O=C(NC1CCc2ccccc21)c1ncn(C2CCCNC2)n1. The second kappa shape index (κ2) is 6.12. The highest BCUT2D eigenvalue weighted by molar-refractivity contribution is 5.90. The van der Waals surface area contributed by atoms with Gasteiger partial charge in [-0.3, -0.25) is 4.79 Å². The van der Waals surface area contributed by atoms with E-state index in [2.05, 4.69) is 32.8 Å². The summed E-state index contributed by atoms with van der Waals surface area (Å²) < 4.78 is 1.82. The van der Waals surface area contributed by atoms with E-state index in [0.29, 0.717) is 6.04 Å². The molecule has 0 spiro atoms. The highest BCUT2D eigenvalue weighted by atomic mass is 16.2. The van der Waals surface area contributed by atoms with Crippen molar-refractivity contribution in [2.75, 3.05) is 13.1 Å². The quantitative estimate of drug-likeness (QED) is 0.903. The molecule has 1 aliphatic heterocycles. The number of carbonyl (C=O) groups excluding carboxylic acids is 1. The number of nitrogens with one attached hydrogen (secondary N) is 2. The first-order valence-electron chi connectivity index (χ1n) is 8.32. The molecule has 23 heavy (non-hydrogen) atoms. The Morgan fingerprint density at radius 2 is 2.22 bits per heavy atom. The van der Waals surface area contributed by atoms with Crippen LogP contribution in [-0.4, -0.2) is 33.8 Å². The third kappa shape index (κ3) is 2.86. The van der Waals surface area contributed by atoms with Crippen LogP contribution in [0.25, 0.3) is 0 Å². The average Bonchev–Trinajstić information content (AvgIpc) is 3.24. The van der Waals surface area contributed by atoms with Crippen molar-refractivity contribution >= 4 is 5.91 Å². The normalized spacial score (nSPS) is 23.5. The second-order valence-corrected chi connectivity index (χ2v) is 6.31. The third-order valence-electron chi connectivity index (χ3n) is 4.79. The van der Waals surface area contributed by atoms with Crippen molar-refractivity contribution in [1.82, 2.24) is 25.4 Å². The Morgan fingerprint density at radius 3 is 3.09 bits per heavy atom. The van der Waals surface area contributed by atoms with Gasteiger partial charge in [0.15, 0.2) is 0 Å². The number of hydrogen-bond acceptors (Lipinski definition) is 4. The molecule has 0 bridgehead atoms. The second-order valence-electron chi connectivity index (χ2n) is 6.31. The molecule has 2 unspecified atom stereocenters. The van der Waals surface area contributed by atoms with Crippen molar-refractivity contribution in [2.24, 2.45) is 0 Å². The lowest BCUT2D eigenvalue weighted by Gasteiger charge is -2.22. The molecule has 1 aliphatic carbocycles. The first-order chi connectivity index (χ1) is 11.3. The van der Waals surface area contributed by atoms with Gasteiger partial charge in [0.05, 0.1) is 12.1 Å². The number of aromatic nitrogens is 3. The first-order valence-corrected chi connectivity index (χ1v) is 8.32. The largest absolute Gasteiger partial charge is 0.342 e. The highest BCUT2D eigenvalue weighted by Gasteiger charge is 2.25. The molecule has 2 N–H and O–H groups in total. The number of hydrogen-bond donors (Lipinski definition) is 2. The number of benzene rings is 1. The van der Waals surface area contributed by atoms with Crippen molar-refractivity contribution in [3.63, 3.8) is 0 Å². The van der Waals surface area contributed by atoms with E-state index in [1.165, 1.54) is 11.1 Å². The zero-order chi connectivity index (χ0) is 15.6. The van der Waals surface area contributed by atoms with Crippen molar-refractivity contribution in [3.05, 3.63) is 47.5 Å². The fourth-order valence-electron chi connectivity index (χ4n) is 3.54. The molecule has 1 aromatic carbocycles. The molecule has 2 aliphatic rings. The molecule has 1 aromatic heterocycles. The predicted molar refractivity (Wildman–Crippen MR) is 86.1 cm³/mol. The van der Waals surface area contributed by atoms with Crippen LogP contribution in [0.3, 0.4) is 0 Å². The molecule has 1 saturated heterocycles. The summed E-state index contributed by atoms with van der Waals surface area (Å²) in [5, 5.41) is 10.8. The molecule has 120 valence electrons. The van der Waals surface area contributed by atoms with Gasteiger partial charge in [-0.05, 0) is 43.4 Å². The van der Waals surface area contributed by atoms with E-state index < -0.39 is 0 Å². The summed E-state index contributed by atoms with van der Waals surface area (Å²) in [5.74, 6) is 0.0779. The molecular formula is C17H21N5O. The maximum absolute atomic E-state index is 12.4. The Kier molecular flexibility index (Phi) is 3.83. The Hall–Kier alpha value is -2.21. The summed E-state index contributed by atoms with van der Waals surface area (Å²) >= 11 is 0. The molecule has 0 radical (unpaired) electrons. The van der Waals surface area contributed by atoms with Crippen LogP contribution in [-0.2, 0) is 6.42 Å². The van der Waals surface area contributed by atoms with Crippen molar-refractivity contribution in [1.29, 1.82) is 0 Å². The van der Waals surface area contributed by atoms with Crippen LogP contribution in [0.4, 0.5) is 0 Å². The first kappa shape index (κ1) is 14.4. The van der Waals surface area contributed by atoms with Crippen LogP contribution in [0.15, 0.2) is 30.6 Å². The van der Waals surface area contributed by atoms with Gasteiger partial charge in [-0.15, -0.1) is 5.10 Å². The molecule has 0 saturated carbocycles. The number of carbonyl (C=O) groups is 1. The van der Waals surface area contributed by atoms with Gasteiger partial charge in [0.25, 0.3) is 5.91 Å². The summed E-state index contributed by atoms with van der Waals surface area (Å²) in [5.41, 5.74) is 2.54. The number of rotatable bonds is 3. The van der Waals surface area contributed by atoms with Crippen molar-refractivity contribution in [3.8, 4) is 0 Å². The Balaban J connectivity index is 1.45. The van der Waals surface area contributed by atoms with E-state index in [9.17, 15) is 4.79 Å². The molecule has 2 atom stereocenters. The van der Waals surface area contributed by atoms with Crippen LogP contribution < -0.4 is 10.6 Å².